The Kier molecular flexibility index (Phi) is 3.68. The Balaban J connectivity index is 1.58. The molecule has 3 heterocycles. The fraction of sp³-hybridized carbons (Fsp3) is 0.438. The molecule has 1 atom stereocenters. The van der Waals surface area contributed by atoms with E-state index in [2.05, 4.69) is 10.2 Å². The molecular weight excluding hydrogens is 315 g/mol. The summed E-state index contributed by atoms with van der Waals surface area (Å²) in [6, 6.07) is 4.61. The maximum atomic E-state index is 14.1. The van der Waals surface area contributed by atoms with Gasteiger partial charge >= 0.3 is 0 Å². The third-order valence-corrected chi connectivity index (χ3v) is 4.57. The van der Waals surface area contributed by atoms with E-state index in [0.717, 1.165) is 0 Å². The quantitative estimate of drug-likeness (QED) is 0.887. The van der Waals surface area contributed by atoms with Crippen molar-refractivity contribution in [2.75, 3.05) is 37.7 Å². The van der Waals surface area contributed by atoms with E-state index in [1.165, 1.54) is 11.0 Å². The van der Waals surface area contributed by atoms with Gasteiger partial charge < -0.3 is 9.64 Å². The molecule has 7 nitrogen and oxygen atoms in total. The van der Waals surface area contributed by atoms with Crippen LogP contribution in [0.3, 0.4) is 0 Å². The second-order valence-corrected chi connectivity index (χ2v) is 6.05. The van der Waals surface area contributed by atoms with Crippen LogP contribution in [0.15, 0.2) is 18.2 Å². The number of rotatable bonds is 2. The maximum absolute atomic E-state index is 14.1. The van der Waals surface area contributed by atoms with Gasteiger partial charge in [0.05, 0.1) is 30.0 Å². The Hall–Kier alpha value is -2.48. The number of carbonyl (C=O) groups is 2. The van der Waals surface area contributed by atoms with Crippen molar-refractivity contribution >= 4 is 28.5 Å². The normalized spacial score (nSPS) is 21.7. The number of carbonyl (C=O) groups excluding carboxylic acids is 2. The van der Waals surface area contributed by atoms with Crippen molar-refractivity contribution in [1.29, 1.82) is 0 Å². The lowest BCUT2D eigenvalue weighted by Crippen LogP contribution is -2.44. The smallest absolute Gasteiger partial charge is 0.229 e. The van der Waals surface area contributed by atoms with Crippen LogP contribution in [-0.4, -0.2) is 59.8 Å². The van der Waals surface area contributed by atoms with Gasteiger partial charge in [0.15, 0.2) is 5.82 Å². The number of aromatic amines is 1. The number of halogens is 1. The van der Waals surface area contributed by atoms with Gasteiger partial charge in [0.1, 0.15) is 5.82 Å². The number of benzene rings is 1. The van der Waals surface area contributed by atoms with Crippen LogP contribution in [0.4, 0.5) is 10.2 Å². The van der Waals surface area contributed by atoms with Crippen molar-refractivity contribution in [2.45, 2.75) is 6.42 Å². The topological polar surface area (TPSA) is 78.5 Å². The molecule has 2 saturated heterocycles. The number of ether oxygens (including phenoxy) is 1. The number of fused-ring (bicyclic) bond motifs is 1. The first-order valence-electron chi connectivity index (χ1n) is 7.94. The number of nitrogens with zero attached hydrogens (tertiary/aromatic N) is 3. The molecule has 0 saturated carbocycles. The number of amides is 2. The minimum absolute atomic E-state index is 0.0468. The number of morpholine rings is 1. The second kappa shape index (κ2) is 5.86. The lowest BCUT2D eigenvalue weighted by atomic mass is 10.1. The third-order valence-electron chi connectivity index (χ3n) is 4.57. The lowest BCUT2D eigenvalue weighted by Gasteiger charge is -2.28. The molecule has 0 spiro atoms. The first-order valence-corrected chi connectivity index (χ1v) is 7.94. The van der Waals surface area contributed by atoms with Gasteiger partial charge in [-0.25, -0.2) is 4.39 Å². The van der Waals surface area contributed by atoms with Gasteiger partial charge in [0, 0.05) is 26.1 Å². The number of aromatic nitrogens is 2. The summed E-state index contributed by atoms with van der Waals surface area (Å²) in [4.78, 5) is 28.1. The molecule has 1 N–H and O–H groups in total. The van der Waals surface area contributed by atoms with Gasteiger partial charge in [-0.2, -0.15) is 5.10 Å². The molecule has 24 heavy (non-hydrogen) atoms. The van der Waals surface area contributed by atoms with E-state index in [4.69, 9.17) is 4.74 Å². The Morgan fingerprint density at radius 3 is 2.92 bits per heavy atom. The average Bonchev–Trinajstić information content (AvgIpc) is 3.19. The van der Waals surface area contributed by atoms with Crippen LogP contribution in [0.25, 0.3) is 10.9 Å². The fourth-order valence-corrected chi connectivity index (χ4v) is 3.33. The van der Waals surface area contributed by atoms with Crippen LogP contribution in [0, 0.1) is 11.7 Å². The zero-order chi connectivity index (χ0) is 16.7. The minimum Gasteiger partial charge on any atom is -0.378 e. The highest BCUT2D eigenvalue weighted by Gasteiger charge is 2.39. The number of nitrogens with one attached hydrogen (secondary N) is 1. The van der Waals surface area contributed by atoms with Crippen LogP contribution >= 0.6 is 0 Å². The predicted molar refractivity (Wildman–Crippen MR) is 83.9 cm³/mol. The molecule has 1 aromatic heterocycles. The van der Waals surface area contributed by atoms with Gasteiger partial charge in [-0.3, -0.25) is 19.6 Å². The first-order chi connectivity index (χ1) is 11.6. The highest BCUT2D eigenvalue weighted by atomic mass is 19.1. The summed E-state index contributed by atoms with van der Waals surface area (Å²) in [6.07, 6.45) is 0.124. The molecule has 1 aromatic carbocycles. The molecule has 4 rings (SSSR count). The van der Waals surface area contributed by atoms with Crippen LogP contribution in [0.2, 0.25) is 0 Å². The summed E-state index contributed by atoms with van der Waals surface area (Å²) in [5, 5.41) is 7.11. The summed E-state index contributed by atoms with van der Waals surface area (Å²) >= 11 is 0. The van der Waals surface area contributed by atoms with E-state index in [9.17, 15) is 14.0 Å². The zero-order valence-corrected chi connectivity index (χ0v) is 13.0. The summed E-state index contributed by atoms with van der Waals surface area (Å²) in [6.45, 7) is 2.35. The Morgan fingerprint density at radius 1 is 1.33 bits per heavy atom. The molecule has 0 bridgehead atoms. The van der Waals surface area contributed by atoms with E-state index in [1.54, 1.807) is 17.0 Å². The van der Waals surface area contributed by atoms with Crippen LogP contribution in [-0.2, 0) is 14.3 Å². The summed E-state index contributed by atoms with van der Waals surface area (Å²) in [5.74, 6) is -0.862. The average molecular weight is 332 g/mol. The molecule has 2 aliphatic heterocycles. The first kappa shape index (κ1) is 15.1. The Labute approximate surface area is 137 Å². The predicted octanol–water partition coefficient (Wildman–Crippen LogP) is 0.914. The van der Waals surface area contributed by atoms with Gasteiger partial charge in [-0.15, -0.1) is 0 Å². The zero-order valence-electron chi connectivity index (χ0n) is 13.0. The molecule has 8 heteroatoms. The minimum atomic E-state index is -0.438. The molecule has 2 aliphatic rings. The summed E-state index contributed by atoms with van der Waals surface area (Å²) < 4.78 is 19.4. The molecule has 2 fully saturated rings. The third kappa shape index (κ3) is 2.43. The molecule has 0 aliphatic carbocycles. The number of hydrogen-bond donors (Lipinski definition) is 1. The molecule has 0 radical (unpaired) electrons. The van der Waals surface area contributed by atoms with Crippen LogP contribution < -0.4 is 4.90 Å². The van der Waals surface area contributed by atoms with Crippen LogP contribution in [0.1, 0.15) is 6.42 Å². The second-order valence-electron chi connectivity index (χ2n) is 6.05. The number of H-pyrrole nitrogens is 1. The molecule has 0 unspecified atom stereocenters. The number of hydrogen-bond acceptors (Lipinski definition) is 4. The van der Waals surface area contributed by atoms with Crippen LogP contribution in [0.5, 0.6) is 0 Å². The van der Waals surface area contributed by atoms with Gasteiger partial charge in [-0.1, -0.05) is 6.07 Å². The van der Waals surface area contributed by atoms with Crippen molar-refractivity contribution in [3.8, 4) is 0 Å². The van der Waals surface area contributed by atoms with Crippen molar-refractivity contribution in [2.24, 2.45) is 5.92 Å². The molecular formula is C16H17FN4O3. The van der Waals surface area contributed by atoms with Gasteiger partial charge in [0.2, 0.25) is 11.8 Å². The van der Waals surface area contributed by atoms with Gasteiger partial charge in [0.25, 0.3) is 0 Å². The standard InChI is InChI=1S/C16H17FN4O3/c17-11-2-1-3-12-14(11)15(19-18-12)21-9-10(8-13(21)22)16(23)20-4-6-24-7-5-20/h1-3,10H,4-9H2,(H,18,19)/t10-/m1/s1. The van der Waals surface area contributed by atoms with Crippen molar-refractivity contribution in [3.63, 3.8) is 0 Å². The number of anilines is 1. The van der Waals surface area contributed by atoms with Crippen molar-refractivity contribution < 1.29 is 18.7 Å². The maximum Gasteiger partial charge on any atom is 0.229 e. The van der Waals surface area contributed by atoms with E-state index in [-0.39, 0.29) is 36.0 Å². The van der Waals surface area contributed by atoms with Crippen molar-refractivity contribution in [1.82, 2.24) is 15.1 Å². The lowest BCUT2D eigenvalue weighted by molar-refractivity contribution is -0.139. The summed E-state index contributed by atoms with van der Waals surface area (Å²) in [7, 11) is 0. The van der Waals surface area contributed by atoms with E-state index in [1.807, 2.05) is 0 Å². The Bertz CT molecular complexity index is 800. The van der Waals surface area contributed by atoms with E-state index < -0.39 is 11.7 Å². The SMILES string of the molecule is O=C([C@@H]1CC(=O)N(c2n[nH]c3cccc(F)c23)C1)N1CCOCC1. The summed E-state index contributed by atoms with van der Waals surface area (Å²) in [5.41, 5.74) is 0.528. The van der Waals surface area contributed by atoms with E-state index in [0.29, 0.717) is 31.8 Å². The van der Waals surface area contributed by atoms with Gasteiger partial charge in [-0.05, 0) is 12.1 Å². The van der Waals surface area contributed by atoms with Crippen molar-refractivity contribution in [3.05, 3.63) is 24.0 Å². The monoisotopic (exact) mass is 332 g/mol. The fourth-order valence-electron chi connectivity index (χ4n) is 3.33. The molecule has 2 aromatic rings. The molecule has 2 amide bonds. The highest BCUT2D eigenvalue weighted by Crippen LogP contribution is 2.31. The highest BCUT2D eigenvalue weighted by molar-refractivity contribution is 6.05. The van der Waals surface area contributed by atoms with E-state index >= 15 is 0 Å². The molecule has 126 valence electrons. The Morgan fingerprint density at radius 2 is 2.12 bits per heavy atom. The largest absolute Gasteiger partial charge is 0.378 e.